The van der Waals surface area contributed by atoms with Crippen LogP contribution in [-0.2, 0) is 0 Å². The lowest BCUT2D eigenvalue weighted by molar-refractivity contribution is 0.137. The summed E-state index contributed by atoms with van der Waals surface area (Å²) in [7, 11) is 0. The molecule has 0 radical (unpaired) electrons. The van der Waals surface area contributed by atoms with Crippen LogP contribution < -0.4 is 0 Å². The number of carboxylic acid groups (broad SMARTS) is 2. The summed E-state index contributed by atoms with van der Waals surface area (Å²) in [6.45, 7) is 0. The van der Waals surface area contributed by atoms with E-state index in [1.165, 1.54) is 0 Å². The second-order valence-electron chi connectivity index (χ2n) is 0.283. The lowest BCUT2D eigenvalue weighted by Gasteiger charge is -1.60. The minimum Gasteiger partial charge on any atom is -0.450 e. The van der Waals surface area contributed by atoms with Crippen molar-refractivity contribution >= 4 is 23.5 Å². The van der Waals surface area contributed by atoms with Crippen LogP contribution in [0.1, 0.15) is 0 Å². The van der Waals surface area contributed by atoms with Crippen LogP contribution >= 0.6 is 0 Å². The van der Waals surface area contributed by atoms with Gasteiger partial charge in [-0.2, -0.15) is 0 Å². The number of rotatable bonds is 0. The SMILES string of the molecule is O=C(O)O.[AlH3]. The van der Waals surface area contributed by atoms with Gasteiger partial charge in [-0.3, -0.25) is 0 Å². The van der Waals surface area contributed by atoms with Crippen molar-refractivity contribution < 1.29 is 15.0 Å². The van der Waals surface area contributed by atoms with Crippen molar-refractivity contribution in [2.75, 3.05) is 0 Å². The molecule has 0 heterocycles. The molecular weight excluding hydrogens is 87.0 g/mol. The van der Waals surface area contributed by atoms with Crippen LogP contribution in [0.3, 0.4) is 0 Å². The maximum absolute atomic E-state index is 8.56. The molecule has 0 bridgehead atoms. The molecule has 0 saturated carbocycles. The zero-order valence-electron chi connectivity index (χ0n) is 1.80. The van der Waals surface area contributed by atoms with E-state index in [4.69, 9.17) is 15.0 Å². The molecule has 0 aromatic heterocycles. The molecule has 5 heavy (non-hydrogen) atoms. The van der Waals surface area contributed by atoms with Gasteiger partial charge in [0.15, 0.2) is 17.4 Å². The highest BCUT2D eigenvalue weighted by molar-refractivity contribution is 5.75. The van der Waals surface area contributed by atoms with Crippen molar-refractivity contribution in [3.63, 3.8) is 0 Å². The number of hydrogen-bond acceptors (Lipinski definition) is 1. The molecule has 30 valence electrons. The summed E-state index contributed by atoms with van der Waals surface area (Å²) in [5.74, 6) is 0. The van der Waals surface area contributed by atoms with Crippen LogP contribution in [0.4, 0.5) is 4.79 Å². The maximum Gasteiger partial charge on any atom is 0.503 e. The maximum atomic E-state index is 8.56. The standard InChI is InChI=1S/CH2O3.Al.3H/c2-1(3)4;;;;/h(H2,2,3,4);;;;. The van der Waals surface area contributed by atoms with Gasteiger partial charge in [0.25, 0.3) is 0 Å². The van der Waals surface area contributed by atoms with E-state index in [9.17, 15) is 0 Å². The third-order valence-electron chi connectivity index (χ3n) is 0. The Morgan fingerprint density at radius 1 is 1.40 bits per heavy atom. The highest BCUT2D eigenvalue weighted by Crippen LogP contribution is 1.42. The fraction of sp³-hybridized carbons (Fsp3) is 0. The largest absolute Gasteiger partial charge is 0.503 e. The first-order valence-corrected chi connectivity index (χ1v) is 0.651. The first-order chi connectivity index (χ1) is 1.73. The van der Waals surface area contributed by atoms with Crippen molar-refractivity contribution in [1.29, 1.82) is 0 Å². The second-order valence-corrected chi connectivity index (χ2v) is 0.283. The first-order valence-electron chi connectivity index (χ1n) is 0.651. The van der Waals surface area contributed by atoms with Crippen molar-refractivity contribution in [2.45, 2.75) is 0 Å². The molecule has 0 unspecified atom stereocenters. The summed E-state index contributed by atoms with van der Waals surface area (Å²) in [6.07, 6.45) is -1.83. The van der Waals surface area contributed by atoms with E-state index in [0.29, 0.717) is 0 Å². The van der Waals surface area contributed by atoms with Gasteiger partial charge in [-0.15, -0.1) is 0 Å². The summed E-state index contributed by atoms with van der Waals surface area (Å²) in [6, 6.07) is 0. The third-order valence-corrected chi connectivity index (χ3v) is 0. The Morgan fingerprint density at radius 3 is 1.40 bits per heavy atom. The number of carbonyl (C=O) groups is 1. The molecular formula is CH5AlO3. The average molecular weight is 92.0 g/mol. The highest BCUT2D eigenvalue weighted by Gasteiger charge is 1.70. The van der Waals surface area contributed by atoms with E-state index >= 15 is 0 Å². The van der Waals surface area contributed by atoms with E-state index < -0.39 is 6.16 Å². The van der Waals surface area contributed by atoms with Crippen LogP contribution in [0.5, 0.6) is 0 Å². The normalized spacial score (nSPS) is 4.80. The van der Waals surface area contributed by atoms with E-state index in [2.05, 4.69) is 0 Å². The van der Waals surface area contributed by atoms with Crippen LogP contribution in [0.25, 0.3) is 0 Å². The lowest BCUT2D eigenvalue weighted by Crippen LogP contribution is -1.81. The third kappa shape index (κ3) is 317. The predicted molar refractivity (Wildman–Crippen MR) is 20.6 cm³/mol. The molecule has 0 rings (SSSR count). The molecule has 0 spiro atoms. The average Bonchev–Trinajstić information content (AvgIpc) is 0.811. The predicted octanol–water partition coefficient (Wildman–Crippen LogP) is -0.962. The molecule has 0 aliphatic rings. The molecule has 0 saturated heterocycles. The van der Waals surface area contributed by atoms with Gasteiger partial charge in [-0.25, -0.2) is 4.79 Å². The van der Waals surface area contributed by atoms with E-state index in [1.54, 1.807) is 0 Å². The topological polar surface area (TPSA) is 57.5 Å². The summed E-state index contributed by atoms with van der Waals surface area (Å²) in [4.78, 5) is 8.56. The van der Waals surface area contributed by atoms with Gasteiger partial charge in [0.05, 0.1) is 0 Å². The Bertz CT molecular complexity index is 29.9. The molecule has 0 fully saturated rings. The minimum atomic E-state index is -1.83. The number of hydrogen-bond donors (Lipinski definition) is 2. The lowest BCUT2D eigenvalue weighted by atomic mass is 11.5. The van der Waals surface area contributed by atoms with Crippen LogP contribution in [-0.4, -0.2) is 33.7 Å². The first kappa shape index (κ1) is 8.84. The Kier molecular flexibility index (Phi) is 6.72. The van der Waals surface area contributed by atoms with E-state index in [1.807, 2.05) is 0 Å². The Morgan fingerprint density at radius 2 is 1.40 bits per heavy atom. The molecule has 4 heteroatoms. The van der Waals surface area contributed by atoms with E-state index in [-0.39, 0.29) is 17.4 Å². The molecule has 0 aliphatic carbocycles. The van der Waals surface area contributed by atoms with Crippen molar-refractivity contribution in [2.24, 2.45) is 0 Å². The van der Waals surface area contributed by atoms with Crippen LogP contribution in [0, 0.1) is 0 Å². The summed E-state index contributed by atoms with van der Waals surface area (Å²) < 4.78 is 0. The second kappa shape index (κ2) is 3.80. The van der Waals surface area contributed by atoms with Gasteiger partial charge in [0.2, 0.25) is 0 Å². The van der Waals surface area contributed by atoms with Gasteiger partial charge < -0.3 is 10.2 Å². The molecule has 0 aromatic rings. The summed E-state index contributed by atoms with van der Waals surface area (Å²) in [5.41, 5.74) is 0. The fourth-order valence-electron chi connectivity index (χ4n) is 0. The minimum absolute atomic E-state index is 0. The van der Waals surface area contributed by atoms with Crippen LogP contribution in [0.15, 0.2) is 0 Å². The summed E-state index contributed by atoms with van der Waals surface area (Å²) in [5, 5.41) is 13.9. The zero-order valence-corrected chi connectivity index (χ0v) is 1.80. The quantitative estimate of drug-likeness (QED) is 0.378. The monoisotopic (exact) mass is 92.0 g/mol. The Labute approximate surface area is 39.4 Å². The zero-order chi connectivity index (χ0) is 3.58. The van der Waals surface area contributed by atoms with Gasteiger partial charge >= 0.3 is 6.16 Å². The van der Waals surface area contributed by atoms with Crippen molar-refractivity contribution in [1.82, 2.24) is 0 Å². The van der Waals surface area contributed by atoms with Gasteiger partial charge in [-0.05, 0) is 0 Å². The van der Waals surface area contributed by atoms with Gasteiger partial charge in [0.1, 0.15) is 0 Å². The Hall–Kier alpha value is -0.198. The molecule has 0 aliphatic heterocycles. The molecule has 0 amide bonds. The fourth-order valence-corrected chi connectivity index (χ4v) is 0. The molecule has 0 aromatic carbocycles. The highest BCUT2D eigenvalue weighted by atomic mass is 27.0. The van der Waals surface area contributed by atoms with Gasteiger partial charge in [0, 0.05) is 0 Å². The molecule has 3 nitrogen and oxygen atoms in total. The van der Waals surface area contributed by atoms with Crippen LogP contribution in [0.2, 0.25) is 0 Å². The summed E-state index contributed by atoms with van der Waals surface area (Å²) >= 11 is 0. The molecule has 0 atom stereocenters. The molecule has 2 N–H and O–H groups in total. The van der Waals surface area contributed by atoms with E-state index in [0.717, 1.165) is 0 Å². The Balaban J connectivity index is 0. The van der Waals surface area contributed by atoms with Crippen molar-refractivity contribution in [3.8, 4) is 0 Å². The van der Waals surface area contributed by atoms with Gasteiger partial charge in [-0.1, -0.05) is 0 Å². The smallest absolute Gasteiger partial charge is 0.450 e. The van der Waals surface area contributed by atoms with Crippen molar-refractivity contribution in [3.05, 3.63) is 0 Å².